The van der Waals surface area contributed by atoms with Gasteiger partial charge >= 0.3 is 47.6 Å². The lowest BCUT2D eigenvalue weighted by atomic mass is 9.88. The first-order valence-corrected chi connectivity index (χ1v) is 7.33. The van der Waals surface area contributed by atoms with Crippen molar-refractivity contribution in [2.75, 3.05) is 6.61 Å². The maximum absolute atomic E-state index is 13.3. The number of rotatable bonds is 9. The molecule has 0 amide bonds. The van der Waals surface area contributed by atoms with Crippen LogP contribution < -0.4 is 0 Å². The summed E-state index contributed by atoms with van der Waals surface area (Å²) in [5.41, 5.74) is 0. The second-order valence-electron chi connectivity index (χ2n) is 5.39. The van der Waals surface area contributed by atoms with E-state index in [1.165, 1.54) is 0 Å². The third-order valence-corrected chi connectivity index (χ3v) is 3.82. The quantitative estimate of drug-likeness (QED) is 0.334. The molecular weight excluding hydrogens is 487 g/mol. The summed E-state index contributed by atoms with van der Waals surface area (Å²) in [4.78, 5) is 0. The van der Waals surface area contributed by atoms with Crippen molar-refractivity contribution in [3.63, 3.8) is 0 Å². The summed E-state index contributed by atoms with van der Waals surface area (Å²) < 4.78 is 222. The van der Waals surface area contributed by atoms with Crippen LogP contribution in [0, 0.1) is 0 Å². The van der Waals surface area contributed by atoms with E-state index in [-0.39, 0.29) is 0 Å². The maximum atomic E-state index is 13.3. The van der Waals surface area contributed by atoms with Crippen molar-refractivity contribution < 1.29 is 79.1 Å². The second-order valence-corrected chi connectivity index (χ2v) is 5.97. The minimum atomic E-state index is -8.59. The zero-order valence-corrected chi connectivity index (χ0v) is 15.2. The highest BCUT2D eigenvalue weighted by Crippen LogP contribution is 2.64. The molecule has 0 aromatic carbocycles. The van der Waals surface area contributed by atoms with Gasteiger partial charge in [-0.05, 0) is 0 Å². The summed E-state index contributed by atoms with van der Waals surface area (Å²) >= 11 is 0. The SMILES string of the molecule is FC(F)(F)C(F)(F)C(F)(F)C(F)(F)C(F)(F)C(F)(F)C(F)(F)C(F)(F)CCO[SiH3]. The van der Waals surface area contributed by atoms with Gasteiger partial charge in [0.2, 0.25) is 0 Å². The van der Waals surface area contributed by atoms with Crippen LogP contribution in [0.15, 0.2) is 0 Å². The summed E-state index contributed by atoms with van der Waals surface area (Å²) in [5.74, 6) is -55.9. The Morgan fingerprint density at radius 2 is 0.724 bits per heavy atom. The van der Waals surface area contributed by atoms with Crippen LogP contribution in [-0.4, -0.2) is 64.7 Å². The van der Waals surface area contributed by atoms with Gasteiger partial charge in [0.25, 0.3) is 0 Å². The van der Waals surface area contributed by atoms with Crippen molar-refractivity contribution in [3.05, 3.63) is 0 Å². The lowest BCUT2D eigenvalue weighted by Gasteiger charge is -2.42. The molecule has 0 aromatic rings. The molecule has 0 N–H and O–H groups in total. The normalized spacial score (nSPS) is 16.4. The van der Waals surface area contributed by atoms with E-state index in [4.69, 9.17) is 0 Å². The standard InChI is InChI=1S/C10H7F17OSi/c11-3(12,1-2-28-29)4(13,14)5(15,16)6(17,18)7(19,20)8(21,22)9(23,24)10(25,26)27/h1-2H2,29H3. The van der Waals surface area contributed by atoms with E-state index >= 15 is 0 Å². The van der Waals surface area contributed by atoms with Crippen molar-refractivity contribution in [3.8, 4) is 0 Å². The molecule has 0 bridgehead atoms. The molecule has 176 valence electrons. The predicted octanol–water partition coefficient (Wildman–Crippen LogP) is 4.68. The van der Waals surface area contributed by atoms with E-state index in [2.05, 4.69) is 4.43 Å². The average Bonchev–Trinajstić information content (AvgIpc) is 2.50. The van der Waals surface area contributed by atoms with E-state index in [0.29, 0.717) is 0 Å². The first-order valence-electron chi connectivity index (χ1n) is 6.51. The highest BCUT2D eigenvalue weighted by Gasteiger charge is 2.95. The molecular formula is C10H7F17OSi. The van der Waals surface area contributed by atoms with Gasteiger partial charge in [-0.2, -0.15) is 74.6 Å². The summed E-state index contributed by atoms with van der Waals surface area (Å²) in [6, 6.07) is 0. The van der Waals surface area contributed by atoms with Gasteiger partial charge in [0.1, 0.15) is 10.5 Å². The summed E-state index contributed by atoms with van der Waals surface area (Å²) in [6.07, 6.45) is -10.3. The Labute approximate surface area is 151 Å². The van der Waals surface area contributed by atoms with E-state index < -0.39 is 71.1 Å². The lowest BCUT2D eigenvalue weighted by molar-refractivity contribution is -0.461. The van der Waals surface area contributed by atoms with Gasteiger partial charge in [-0.15, -0.1) is 0 Å². The largest absolute Gasteiger partial charge is 0.460 e. The molecule has 0 aliphatic heterocycles. The van der Waals surface area contributed by atoms with Gasteiger partial charge in [-0.3, -0.25) is 0 Å². The van der Waals surface area contributed by atoms with Crippen molar-refractivity contribution in [2.45, 2.75) is 54.1 Å². The monoisotopic (exact) mass is 494 g/mol. The Morgan fingerprint density at radius 3 is 1.00 bits per heavy atom. The first kappa shape index (κ1) is 28.0. The minimum absolute atomic E-state index is 0.497. The van der Waals surface area contributed by atoms with Gasteiger partial charge in [0.15, 0.2) is 0 Å². The molecule has 1 nitrogen and oxygen atoms in total. The maximum Gasteiger partial charge on any atom is 0.460 e. The molecule has 0 fully saturated rings. The van der Waals surface area contributed by atoms with Gasteiger partial charge in [0.05, 0.1) is 0 Å². The molecule has 0 spiro atoms. The Kier molecular flexibility index (Phi) is 7.04. The molecule has 0 aliphatic carbocycles. The molecule has 0 aliphatic rings. The highest BCUT2D eigenvalue weighted by atomic mass is 28.2. The summed E-state index contributed by atoms with van der Waals surface area (Å²) in [6.45, 7) is -1.53. The Bertz CT molecular complexity index is 579. The molecule has 0 saturated heterocycles. The number of halogens is 17. The Morgan fingerprint density at radius 1 is 0.448 bits per heavy atom. The van der Waals surface area contributed by atoms with E-state index in [1.54, 1.807) is 0 Å². The minimum Gasteiger partial charge on any atom is -0.428 e. The third kappa shape index (κ3) is 3.75. The molecule has 0 saturated carbocycles. The van der Waals surface area contributed by atoms with Crippen molar-refractivity contribution in [2.24, 2.45) is 0 Å². The van der Waals surface area contributed by atoms with Crippen LogP contribution in [0.4, 0.5) is 74.6 Å². The Hall–Kier alpha value is -1.01. The number of alkyl halides is 17. The van der Waals surface area contributed by atoms with Gasteiger partial charge in [0, 0.05) is 13.0 Å². The lowest BCUT2D eigenvalue weighted by Crippen LogP contribution is -2.74. The molecule has 0 unspecified atom stereocenters. The van der Waals surface area contributed by atoms with E-state index in [9.17, 15) is 74.6 Å². The van der Waals surface area contributed by atoms with Crippen LogP contribution >= 0.6 is 0 Å². The van der Waals surface area contributed by atoms with Gasteiger partial charge in [-0.1, -0.05) is 0 Å². The predicted molar refractivity (Wildman–Crippen MR) is 61.2 cm³/mol. The topological polar surface area (TPSA) is 9.23 Å². The van der Waals surface area contributed by atoms with Crippen LogP contribution in [0.3, 0.4) is 0 Å². The summed E-state index contributed by atoms with van der Waals surface area (Å²) in [7, 11) is -0.497. The smallest absolute Gasteiger partial charge is 0.428 e. The van der Waals surface area contributed by atoms with Crippen LogP contribution in [0.1, 0.15) is 6.42 Å². The molecule has 19 heteroatoms. The van der Waals surface area contributed by atoms with Gasteiger partial charge in [-0.25, -0.2) is 0 Å². The fourth-order valence-corrected chi connectivity index (χ4v) is 1.79. The molecule has 0 aromatic heterocycles. The second kappa shape index (κ2) is 7.29. The fourth-order valence-electron chi connectivity index (χ4n) is 1.58. The highest BCUT2D eigenvalue weighted by molar-refractivity contribution is 5.97. The fraction of sp³-hybridized carbons (Fsp3) is 1.00. The Balaban J connectivity index is 6.57. The molecule has 0 radical (unpaired) electrons. The van der Waals surface area contributed by atoms with E-state index in [0.717, 1.165) is 0 Å². The molecule has 0 rings (SSSR count). The molecule has 0 atom stereocenters. The number of hydrogen-bond acceptors (Lipinski definition) is 1. The third-order valence-electron chi connectivity index (χ3n) is 3.41. The van der Waals surface area contributed by atoms with Crippen molar-refractivity contribution in [1.29, 1.82) is 0 Å². The van der Waals surface area contributed by atoms with Crippen LogP contribution in [0.5, 0.6) is 0 Å². The summed E-state index contributed by atoms with van der Waals surface area (Å²) in [5, 5.41) is 0. The van der Waals surface area contributed by atoms with E-state index in [1.807, 2.05) is 0 Å². The van der Waals surface area contributed by atoms with Crippen LogP contribution in [0.2, 0.25) is 0 Å². The zero-order chi connectivity index (χ0) is 24.1. The van der Waals surface area contributed by atoms with Crippen molar-refractivity contribution >= 4 is 10.5 Å². The van der Waals surface area contributed by atoms with Gasteiger partial charge < -0.3 is 4.43 Å². The first-order chi connectivity index (χ1) is 12.3. The molecule has 0 heterocycles. The average molecular weight is 494 g/mol. The van der Waals surface area contributed by atoms with Crippen LogP contribution in [-0.2, 0) is 4.43 Å². The molecule has 29 heavy (non-hydrogen) atoms. The zero-order valence-electron chi connectivity index (χ0n) is 13.2. The number of hydrogen-bond donors (Lipinski definition) is 0. The van der Waals surface area contributed by atoms with Crippen molar-refractivity contribution in [1.82, 2.24) is 0 Å². The van der Waals surface area contributed by atoms with Crippen LogP contribution in [0.25, 0.3) is 0 Å².